The van der Waals surface area contributed by atoms with E-state index in [4.69, 9.17) is 16.3 Å². The third kappa shape index (κ3) is 3.97. The van der Waals surface area contributed by atoms with Crippen LogP contribution in [0.2, 0.25) is 5.02 Å². The first-order chi connectivity index (χ1) is 11.3. The lowest BCUT2D eigenvalue weighted by Crippen LogP contribution is -2.15. The summed E-state index contributed by atoms with van der Waals surface area (Å²) in [4.78, 5) is 34.2. The number of ketones is 1. The van der Waals surface area contributed by atoms with Crippen molar-refractivity contribution >= 4 is 29.0 Å². The van der Waals surface area contributed by atoms with E-state index in [2.05, 4.69) is 0 Å². The van der Waals surface area contributed by atoms with Gasteiger partial charge in [-0.1, -0.05) is 29.3 Å². The van der Waals surface area contributed by atoms with Crippen LogP contribution in [0.4, 0.5) is 5.69 Å². The van der Waals surface area contributed by atoms with Gasteiger partial charge in [0.25, 0.3) is 5.69 Å². The zero-order valence-electron chi connectivity index (χ0n) is 13.0. The fraction of sp³-hybridized carbons (Fsp3) is 0.176. The van der Waals surface area contributed by atoms with Crippen LogP contribution in [0.15, 0.2) is 36.4 Å². The van der Waals surface area contributed by atoms with Crippen LogP contribution in [0.3, 0.4) is 0 Å². The topological polar surface area (TPSA) is 86.5 Å². The molecular weight excluding hydrogens is 334 g/mol. The first kappa shape index (κ1) is 17.6. The maximum absolute atomic E-state index is 12.2. The van der Waals surface area contributed by atoms with Crippen molar-refractivity contribution in [3.8, 4) is 0 Å². The molecule has 0 amide bonds. The van der Waals surface area contributed by atoms with Gasteiger partial charge in [-0.25, -0.2) is 4.79 Å². The van der Waals surface area contributed by atoms with Gasteiger partial charge >= 0.3 is 5.97 Å². The summed E-state index contributed by atoms with van der Waals surface area (Å²) in [6, 6.07) is 8.83. The lowest BCUT2D eigenvalue weighted by molar-refractivity contribution is -0.384. The van der Waals surface area contributed by atoms with E-state index in [0.29, 0.717) is 5.56 Å². The number of rotatable bonds is 5. The van der Waals surface area contributed by atoms with E-state index in [9.17, 15) is 19.7 Å². The molecule has 24 heavy (non-hydrogen) atoms. The van der Waals surface area contributed by atoms with Crippen molar-refractivity contribution in [2.24, 2.45) is 0 Å². The number of Topliss-reactive ketones (excluding diaryl/α,β-unsaturated/α-hetero) is 1. The fourth-order valence-corrected chi connectivity index (χ4v) is 2.36. The second-order valence-corrected chi connectivity index (χ2v) is 5.65. The highest BCUT2D eigenvalue weighted by molar-refractivity contribution is 6.33. The molecule has 0 N–H and O–H groups in total. The van der Waals surface area contributed by atoms with Crippen LogP contribution in [-0.4, -0.2) is 23.3 Å². The van der Waals surface area contributed by atoms with Crippen LogP contribution in [0.25, 0.3) is 0 Å². The summed E-state index contributed by atoms with van der Waals surface area (Å²) in [5.74, 6) is -1.14. The number of hydrogen-bond acceptors (Lipinski definition) is 5. The Kier molecular flexibility index (Phi) is 5.31. The second-order valence-electron chi connectivity index (χ2n) is 5.24. The monoisotopic (exact) mass is 347 g/mol. The molecule has 2 rings (SSSR count). The summed E-state index contributed by atoms with van der Waals surface area (Å²) in [7, 11) is 0. The molecule has 0 radical (unpaired) electrons. The van der Waals surface area contributed by atoms with Gasteiger partial charge in [0.05, 0.1) is 15.5 Å². The molecule has 0 bridgehead atoms. The first-order valence-electron chi connectivity index (χ1n) is 7.01. The molecule has 0 atom stereocenters. The molecule has 0 aliphatic heterocycles. The predicted molar refractivity (Wildman–Crippen MR) is 88.6 cm³/mol. The Balaban J connectivity index is 2.09. The lowest BCUT2D eigenvalue weighted by atomic mass is 10.0. The van der Waals surface area contributed by atoms with Crippen molar-refractivity contribution in [2.45, 2.75) is 13.8 Å². The number of hydrogen-bond donors (Lipinski definition) is 0. The number of non-ortho nitro benzene ring substituents is 1. The number of nitro groups is 1. The summed E-state index contributed by atoms with van der Waals surface area (Å²) < 4.78 is 4.98. The van der Waals surface area contributed by atoms with Gasteiger partial charge in [0.15, 0.2) is 6.61 Å². The number of esters is 1. The average molecular weight is 348 g/mol. The molecule has 2 aromatic carbocycles. The van der Waals surface area contributed by atoms with Crippen LogP contribution in [0.5, 0.6) is 0 Å². The number of carbonyl (C=O) groups is 2. The van der Waals surface area contributed by atoms with Gasteiger partial charge in [0.1, 0.15) is 0 Å². The highest BCUT2D eigenvalue weighted by atomic mass is 35.5. The van der Waals surface area contributed by atoms with Gasteiger partial charge in [-0.15, -0.1) is 0 Å². The number of nitrogens with zero attached hydrogens (tertiary/aromatic N) is 1. The number of halogens is 1. The first-order valence-corrected chi connectivity index (χ1v) is 7.39. The minimum Gasteiger partial charge on any atom is -0.454 e. The molecule has 2 aromatic rings. The normalized spacial score (nSPS) is 10.3. The van der Waals surface area contributed by atoms with Crippen LogP contribution in [0, 0.1) is 24.0 Å². The van der Waals surface area contributed by atoms with Gasteiger partial charge in [0.2, 0.25) is 5.78 Å². The number of carbonyl (C=O) groups excluding carboxylic acids is 2. The van der Waals surface area contributed by atoms with Crippen molar-refractivity contribution in [1.82, 2.24) is 0 Å². The van der Waals surface area contributed by atoms with E-state index < -0.39 is 17.5 Å². The molecule has 124 valence electrons. The summed E-state index contributed by atoms with van der Waals surface area (Å²) in [6.45, 7) is 3.22. The van der Waals surface area contributed by atoms with Crippen LogP contribution in [-0.2, 0) is 4.74 Å². The van der Waals surface area contributed by atoms with E-state index >= 15 is 0 Å². The SMILES string of the molecule is Cc1ccc(C)c(C(=O)COC(=O)c2ccc([N+](=O)[O-])cc2Cl)c1. The Morgan fingerprint density at radius 1 is 1.12 bits per heavy atom. The van der Waals surface area contributed by atoms with E-state index in [1.807, 2.05) is 19.1 Å². The standard InChI is InChI=1S/C17H14ClNO5/c1-10-3-4-11(2)14(7-10)16(20)9-24-17(21)13-6-5-12(19(22)23)8-15(13)18/h3-8H,9H2,1-2H3. The van der Waals surface area contributed by atoms with Crippen molar-refractivity contribution < 1.29 is 19.2 Å². The van der Waals surface area contributed by atoms with Crippen LogP contribution >= 0.6 is 11.6 Å². The average Bonchev–Trinajstić information content (AvgIpc) is 2.54. The zero-order valence-corrected chi connectivity index (χ0v) is 13.8. The van der Waals surface area contributed by atoms with E-state index in [1.165, 1.54) is 6.07 Å². The van der Waals surface area contributed by atoms with Crippen molar-refractivity contribution in [1.29, 1.82) is 0 Å². The Labute approximate surface area is 143 Å². The molecule has 7 heteroatoms. The van der Waals surface area contributed by atoms with E-state index in [0.717, 1.165) is 23.3 Å². The third-order valence-electron chi connectivity index (χ3n) is 3.41. The quantitative estimate of drug-likeness (QED) is 0.354. The Morgan fingerprint density at radius 3 is 2.46 bits per heavy atom. The molecular formula is C17H14ClNO5. The third-order valence-corrected chi connectivity index (χ3v) is 3.72. The van der Waals surface area contributed by atoms with Gasteiger partial charge < -0.3 is 4.74 Å². The number of aryl methyl sites for hydroxylation is 2. The zero-order chi connectivity index (χ0) is 17.9. The van der Waals surface area contributed by atoms with Gasteiger partial charge in [-0.3, -0.25) is 14.9 Å². The molecule has 0 saturated heterocycles. The van der Waals surface area contributed by atoms with Crippen LogP contribution in [0.1, 0.15) is 31.8 Å². The van der Waals surface area contributed by atoms with Crippen LogP contribution < -0.4 is 0 Å². The smallest absolute Gasteiger partial charge is 0.340 e. The summed E-state index contributed by atoms with van der Waals surface area (Å²) in [5, 5.41) is 10.5. The van der Waals surface area contributed by atoms with Gasteiger partial charge in [-0.2, -0.15) is 0 Å². The summed E-state index contributed by atoms with van der Waals surface area (Å²) in [6.07, 6.45) is 0. The maximum atomic E-state index is 12.2. The predicted octanol–water partition coefficient (Wildman–Crippen LogP) is 3.90. The molecule has 6 nitrogen and oxygen atoms in total. The molecule has 0 aliphatic rings. The fourth-order valence-electron chi connectivity index (χ4n) is 2.11. The van der Waals surface area contributed by atoms with Crippen molar-refractivity contribution in [3.63, 3.8) is 0 Å². The highest BCUT2D eigenvalue weighted by Crippen LogP contribution is 2.23. The molecule has 0 heterocycles. The molecule has 0 spiro atoms. The Bertz CT molecular complexity index is 832. The van der Waals surface area contributed by atoms with Gasteiger partial charge in [-0.05, 0) is 31.5 Å². The number of benzene rings is 2. The second kappa shape index (κ2) is 7.23. The maximum Gasteiger partial charge on any atom is 0.340 e. The minimum atomic E-state index is -0.812. The Morgan fingerprint density at radius 2 is 1.83 bits per heavy atom. The van der Waals surface area contributed by atoms with Gasteiger partial charge in [0, 0.05) is 17.7 Å². The van der Waals surface area contributed by atoms with Crippen molar-refractivity contribution in [2.75, 3.05) is 6.61 Å². The molecule has 0 fully saturated rings. The largest absolute Gasteiger partial charge is 0.454 e. The molecule has 0 saturated carbocycles. The summed E-state index contributed by atoms with van der Waals surface area (Å²) in [5.41, 5.74) is 1.93. The molecule has 0 unspecified atom stereocenters. The number of nitro benzene ring substituents is 1. The minimum absolute atomic E-state index is 0.0315. The molecule has 0 aliphatic carbocycles. The number of ether oxygens (including phenoxy) is 1. The highest BCUT2D eigenvalue weighted by Gasteiger charge is 2.18. The lowest BCUT2D eigenvalue weighted by Gasteiger charge is -2.08. The molecule has 0 aromatic heterocycles. The summed E-state index contributed by atoms with van der Waals surface area (Å²) >= 11 is 5.86. The Hall–Kier alpha value is -2.73. The van der Waals surface area contributed by atoms with Crippen molar-refractivity contribution in [3.05, 3.63) is 73.8 Å². The van der Waals surface area contributed by atoms with E-state index in [1.54, 1.807) is 13.0 Å². The van der Waals surface area contributed by atoms with E-state index in [-0.39, 0.29) is 22.1 Å².